The van der Waals surface area contributed by atoms with Gasteiger partial charge in [-0.3, -0.25) is 4.98 Å². The summed E-state index contributed by atoms with van der Waals surface area (Å²) in [5, 5.41) is 16.2. The highest BCUT2D eigenvalue weighted by molar-refractivity contribution is 6.39. The van der Waals surface area contributed by atoms with Crippen molar-refractivity contribution in [1.29, 1.82) is 0 Å². The van der Waals surface area contributed by atoms with Crippen molar-refractivity contribution in [3.63, 3.8) is 0 Å². The van der Waals surface area contributed by atoms with Crippen molar-refractivity contribution in [2.75, 3.05) is 19.6 Å². The summed E-state index contributed by atoms with van der Waals surface area (Å²) in [6.45, 7) is 7.04. The van der Waals surface area contributed by atoms with Crippen LogP contribution in [0.25, 0.3) is 21.5 Å². The van der Waals surface area contributed by atoms with Crippen LogP contribution in [0.1, 0.15) is 51.2 Å². The van der Waals surface area contributed by atoms with Gasteiger partial charge in [0, 0.05) is 39.8 Å². The van der Waals surface area contributed by atoms with E-state index in [-0.39, 0.29) is 0 Å². The van der Waals surface area contributed by atoms with Gasteiger partial charge in [-0.1, -0.05) is 49.9 Å². The summed E-state index contributed by atoms with van der Waals surface area (Å²) in [7, 11) is 0. The van der Waals surface area contributed by atoms with Crippen molar-refractivity contribution in [2.45, 2.75) is 45.6 Å². The van der Waals surface area contributed by atoms with Crippen LogP contribution in [0.3, 0.4) is 0 Å². The number of aromatic nitrogens is 1. The van der Waals surface area contributed by atoms with Crippen molar-refractivity contribution < 1.29 is 5.11 Å². The molecular formula is C23H28Cl2N2O. The Kier molecular flexibility index (Phi) is 7.53. The molecule has 2 aromatic carbocycles. The fraction of sp³-hybridized carbons (Fsp3) is 0.435. The van der Waals surface area contributed by atoms with Crippen LogP contribution in [-0.4, -0.2) is 34.6 Å². The number of fused-ring (bicyclic) bond motifs is 3. The Morgan fingerprint density at radius 2 is 1.68 bits per heavy atom. The molecule has 1 N–H and O–H groups in total. The molecule has 3 aromatic rings. The van der Waals surface area contributed by atoms with Crippen LogP contribution in [0, 0.1) is 0 Å². The van der Waals surface area contributed by atoms with Gasteiger partial charge in [-0.2, -0.15) is 0 Å². The van der Waals surface area contributed by atoms with Crippen LogP contribution in [0.4, 0.5) is 0 Å². The third-order valence-electron chi connectivity index (χ3n) is 5.26. The minimum atomic E-state index is -0.588. The Morgan fingerprint density at radius 3 is 2.36 bits per heavy atom. The van der Waals surface area contributed by atoms with Crippen molar-refractivity contribution >= 4 is 44.7 Å². The molecule has 0 saturated heterocycles. The fourth-order valence-electron chi connectivity index (χ4n) is 3.72. The highest BCUT2D eigenvalue weighted by atomic mass is 35.5. The molecule has 1 aromatic heterocycles. The first-order valence-corrected chi connectivity index (χ1v) is 10.9. The van der Waals surface area contributed by atoms with Gasteiger partial charge in [-0.25, -0.2) is 0 Å². The van der Waals surface area contributed by atoms with E-state index in [0.717, 1.165) is 65.9 Å². The monoisotopic (exact) mass is 418 g/mol. The number of rotatable bonds is 9. The van der Waals surface area contributed by atoms with Crippen molar-refractivity contribution in [3.8, 4) is 0 Å². The van der Waals surface area contributed by atoms with Gasteiger partial charge in [0.25, 0.3) is 0 Å². The number of halogens is 2. The summed E-state index contributed by atoms with van der Waals surface area (Å²) in [4.78, 5) is 6.66. The van der Waals surface area contributed by atoms with E-state index in [9.17, 15) is 5.11 Å². The van der Waals surface area contributed by atoms with E-state index in [1.807, 2.05) is 24.4 Å². The minimum absolute atomic E-state index is 0.588. The van der Waals surface area contributed by atoms with E-state index in [1.165, 1.54) is 0 Å². The third-order valence-corrected chi connectivity index (χ3v) is 5.79. The van der Waals surface area contributed by atoms with E-state index >= 15 is 0 Å². The highest BCUT2D eigenvalue weighted by Gasteiger charge is 2.18. The van der Waals surface area contributed by atoms with Gasteiger partial charge in [0.15, 0.2) is 0 Å². The van der Waals surface area contributed by atoms with Crippen LogP contribution in [0.2, 0.25) is 10.0 Å². The number of benzene rings is 2. The zero-order valence-electron chi connectivity index (χ0n) is 16.6. The molecular weight excluding hydrogens is 391 g/mol. The number of hydrogen-bond acceptors (Lipinski definition) is 3. The second-order valence-corrected chi connectivity index (χ2v) is 8.24. The quantitative estimate of drug-likeness (QED) is 0.396. The fourth-order valence-corrected chi connectivity index (χ4v) is 4.27. The first-order valence-electron chi connectivity index (χ1n) is 10.1. The lowest BCUT2D eigenvalue weighted by atomic mass is 9.95. The average Bonchev–Trinajstić information content (AvgIpc) is 2.69. The van der Waals surface area contributed by atoms with Gasteiger partial charge in [-0.15, -0.1) is 0 Å². The van der Waals surface area contributed by atoms with Gasteiger partial charge >= 0.3 is 0 Å². The molecule has 3 rings (SSSR count). The number of aliphatic hydroxyl groups is 1. The molecule has 0 saturated carbocycles. The molecule has 0 bridgehead atoms. The van der Waals surface area contributed by atoms with Gasteiger partial charge < -0.3 is 10.0 Å². The van der Waals surface area contributed by atoms with Crippen LogP contribution < -0.4 is 0 Å². The second-order valence-electron chi connectivity index (χ2n) is 7.39. The van der Waals surface area contributed by atoms with E-state index in [2.05, 4.69) is 23.7 Å². The lowest BCUT2D eigenvalue weighted by Gasteiger charge is -2.26. The summed E-state index contributed by atoms with van der Waals surface area (Å²) in [5.41, 5.74) is 0.895. The van der Waals surface area contributed by atoms with Crippen LogP contribution in [0.15, 0.2) is 36.7 Å². The average molecular weight is 419 g/mol. The molecule has 5 heteroatoms. The summed E-state index contributed by atoms with van der Waals surface area (Å²) >= 11 is 12.7. The molecule has 3 nitrogen and oxygen atoms in total. The lowest BCUT2D eigenvalue weighted by molar-refractivity contribution is 0.112. The predicted molar refractivity (Wildman–Crippen MR) is 120 cm³/mol. The first-order chi connectivity index (χ1) is 13.5. The number of unbranched alkanes of at least 4 members (excludes halogenated alkanes) is 2. The Morgan fingerprint density at radius 1 is 0.964 bits per heavy atom. The molecule has 150 valence electrons. The molecule has 28 heavy (non-hydrogen) atoms. The Bertz CT molecular complexity index is 937. The maximum Gasteiger partial charge on any atom is 0.0923 e. The smallest absolute Gasteiger partial charge is 0.0923 e. The third kappa shape index (κ3) is 4.77. The summed E-state index contributed by atoms with van der Waals surface area (Å²) in [5.74, 6) is 0. The van der Waals surface area contributed by atoms with Crippen molar-refractivity contribution in [2.24, 2.45) is 0 Å². The highest BCUT2D eigenvalue weighted by Crippen LogP contribution is 2.37. The molecule has 0 fully saturated rings. The van der Waals surface area contributed by atoms with Gasteiger partial charge in [0.2, 0.25) is 0 Å². The molecule has 0 aliphatic rings. The second kappa shape index (κ2) is 9.89. The van der Waals surface area contributed by atoms with Crippen LogP contribution in [0.5, 0.6) is 0 Å². The maximum atomic E-state index is 11.2. The van der Waals surface area contributed by atoms with Crippen molar-refractivity contribution in [1.82, 2.24) is 9.88 Å². The first kappa shape index (κ1) is 21.3. The Labute approximate surface area is 177 Å². The normalized spacial score (nSPS) is 12.9. The molecule has 0 amide bonds. The maximum absolute atomic E-state index is 11.2. The van der Waals surface area contributed by atoms with E-state index in [4.69, 9.17) is 23.2 Å². The number of pyridine rings is 1. The Balaban J connectivity index is 2.02. The van der Waals surface area contributed by atoms with Crippen LogP contribution in [-0.2, 0) is 0 Å². The topological polar surface area (TPSA) is 36.4 Å². The molecule has 0 spiro atoms. The Hall–Kier alpha value is -1.39. The lowest BCUT2D eigenvalue weighted by Crippen LogP contribution is -2.30. The molecule has 1 atom stereocenters. The zero-order chi connectivity index (χ0) is 20.1. The SMILES string of the molecule is CCCCN(CCCC)CC(O)c1cc2c(Cl)cc(Cl)cc2c2cnccc12. The number of nitrogens with zero attached hydrogens (tertiary/aromatic N) is 2. The van der Waals surface area contributed by atoms with Crippen molar-refractivity contribution in [3.05, 3.63) is 52.3 Å². The molecule has 1 unspecified atom stereocenters. The number of hydrogen-bond donors (Lipinski definition) is 1. The molecule has 0 radical (unpaired) electrons. The van der Waals surface area contributed by atoms with E-state index in [1.54, 1.807) is 12.3 Å². The summed E-state index contributed by atoms with van der Waals surface area (Å²) in [6, 6.07) is 7.64. The summed E-state index contributed by atoms with van der Waals surface area (Å²) < 4.78 is 0. The number of aliphatic hydroxyl groups excluding tert-OH is 1. The minimum Gasteiger partial charge on any atom is -0.387 e. The predicted octanol–water partition coefficient (Wildman–Crippen LogP) is 6.63. The standard InChI is InChI=1S/C23H28Cl2N2O/c1-3-5-9-27(10-6-4-2)15-23(28)20-13-19-18(11-16(24)12-22(19)25)21-14-26-8-7-17(20)21/h7-8,11-14,23,28H,3-6,9-10,15H2,1-2H3. The van der Waals surface area contributed by atoms with Gasteiger partial charge in [0.05, 0.1) is 6.10 Å². The van der Waals surface area contributed by atoms with Crippen LogP contribution >= 0.6 is 23.2 Å². The van der Waals surface area contributed by atoms with Gasteiger partial charge in [-0.05, 0) is 66.5 Å². The van der Waals surface area contributed by atoms with E-state index in [0.29, 0.717) is 16.6 Å². The zero-order valence-corrected chi connectivity index (χ0v) is 18.1. The van der Waals surface area contributed by atoms with Gasteiger partial charge in [0.1, 0.15) is 0 Å². The molecule has 0 aliphatic heterocycles. The molecule has 0 aliphatic carbocycles. The summed E-state index contributed by atoms with van der Waals surface area (Å²) in [6.07, 6.45) is 7.59. The largest absolute Gasteiger partial charge is 0.387 e. The van der Waals surface area contributed by atoms with E-state index < -0.39 is 6.10 Å². The molecule has 1 heterocycles.